The quantitative estimate of drug-likeness (QED) is 0.574. The maximum atomic E-state index is 12.5. The molecule has 0 saturated carbocycles. The molecule has 0 bridgehead atoms. The summed E-state index contributed by atoms with van der Waals surface area (Å²) >= 11 is 0. The van der Waals surface area contributed by atoms with Crippen molar-refractivity contribution in [3.8, 4) is 0 Å². The minimum atomic E-state index is -3.64. The lowest BCUT2D eigenvalue weighted by Crippen LogP contribution is -2.38. The second-order valence-corrected chi connectivity index (χ2v) is 6.61. The summed E-state index contributed by atoms with van der Waals surface area (Å²) in [7, 11) is -3.64. The lowest BCUT2D eigenvalue weighted by atomic mass is 10.1. The summed E-state index contributed by atoms with van der Waals surface area (Å²) in [5.41, 5.74) is 5.41. The Balaban J connectivity index is 3.08. The van der Waals surface area contributed by atoms with E-state index in [0.29, 0.717) is 18.9 Å². The molecule has 7 nitrogen and oxygen atoms in total. The van der Waals surface area contributed by atoms with E-state index in [1.165, 1.54) is 4.31 Å². The average Bonchev–Trinajstić information content (AvgIpc) is 2.77. The summed E-state index contributed by atoms with van der Waals surface area (Å²) in [5.74, 6) is 0.328. The van der Waals surface area contributed by atoms with Gasteiger partial charge in [-0.15, -0.1) is 0 Å². The Labute approximate surface area is 120 Å². The van der Waals surface area contributed by atoms with E-state index in [-0.39, 0.29) is 23.3 Å². The molecule has 1 atom stereocenters. The fraction of sp³-hybridized carbons (Fsp3) is 0.667. The van der Waals surface area contributed by atoms with Gasteiger partial charge in [-0.1, -0.05) is 13.8 Å². The first-order valence-corrected chi connectivity index (χ1v) is 8.05. The van der Waals surface area contributed by atoms with Crippen molar-refractivity contribution in [3.63, 3.8) is 0 Å². The lowest BCUT2D eigenvalue weighted by Gasteiger charge is -2.22. The molecule has 0 aliphatic rings. The third-order valence-corrected chi connectivity index (χ3v) is 5.07. The van der Waals surface area contributed by atoms with E-state index in [2.05, 4.69) is 4.98 Å². The Hall–Kier alpha value is -1.41. The maximum absolute atomic E-state index is 12.5. The van der Waals surface area contributed by atoms with Crippen LogP contribution < -0.4 is 5.73 Å². The molecule has 1 unspecified atom stereocenters. The van der Waals surface area contributed by atoms with Gasteiger partial charge >= 0.3 is 0 Å². The highest BCUT2D eigenvalue weighted by molar-refractivity contribution is 7.89. The Bertz CT molecular complexity index is 579. The Morgan fingerprint density at radius 2 is 2.15 bits per heavy atom. The van der Waals surface area contributed by atoms with Crippen LogP contribution in [0.5, 0.6) is 0 Å². The van der Waals surface area contributed by atoms with Gasteiger partial charge in [-0.25, -0.2) is 13.4 Å². The molecule has 0 fully saturated rings. The molecular formula is C12H23N5O2S. The molecule has 0 radical (unpaired) electrons. The summed E-state index contributed by atoms with van der Waals surface area (Å²) in [5, 5.41) is 7.43. The SMILES string of the molecule is CCN(CC(C)C(=N)N)S(=O)(=O)c1cn(CC)c(C)n1. The van der Waals surface area contributed by atoms with Gasteiger partial charge in [0.2, 0.25) is 0 Å². The van der Waals surface area contributed by atoms with E-state index >= 15 is 0 Å². The molecule has 1 heterocycles. The van der Waals surface area contributed by atoms with Crippen molar-refractivity contribution in [2.45, 2.75) is 39.3 Å². The van der Waals surface area contributed by atoms with Gasteiger partial charge in [0, 0.05) is 31.7 Å². The number of hydrogen-bond donors (Lipinski definition) is 2. The zero-order valence-corrected chi connectivity index (χ0v) is 13.2. The summed E-state index contributed by atoms with van der Waals surface area (Å²) in [6, 6.07) is 0. The first-order valence-electron chi connectivity index (χ1n) is 6.61. The van der Waals surface area contributed by atoms with Crippen LogP contribution in [0.4, 0.5) is 0 Å². The summed E-state index contributed by atoms with van der Waals surface area (Å²) in [6.07, 6.45) is 1.55. The molecule has 114 valence electrons. The number of nitrogens with one attached hydrogen (secondary N) is 1. The molecule has 3 N–H and O–H groups in total. The number of rotatable bonds is 7. The molecule has 0 amide bonds. The van der Waals surface area contributed by atoms with Crippen LogP contribution in [0.2, 0.25) is 0 Å². The van der Waals surface area contributed by atoms with Crippen molar-refractivity contribution < 1.29 is 8.42 Å². The molecule has 1 aromatic heterocycles. The molecule has 20 heavy (non-hydrogen) atoms. The van der Waals surface area contributed by atoms with Crippen molar-refractivity contribution in [3.05, 3.63) is 12.0 Å². The largest absolute Gasteiger partial charge is 0.387 e. The predicted molar refractivity (Wildman–Crippen MR) is 78.1 cm³/mol. The normalized spacial score (nSPS) is 13.7. The highest BCUT2D eigenvalue weighted by Gasteiger charge is 2.28. The third kappa shape index (κ3) is 3.37. The standard InChI is InChI=1S/C12H23N5O2S/c1-5-16-8-11(15-10(16)4)20(18,19)17(6-2)7-9(3)12(13)14/h8-9H,5-7H2,1-4H3,(H3,13,14). The highest BCUT2D eigenvalue weighted by atomic mass is 32.2. The van der Waals surface area contributed by atoms with Crippen LogP contribution in [0.1, 0.15) is 26.6 Å². The number of aromatic nitrogens is 2. The van der Waals surface area contributed by atoms with Crippen LogP contribution in [0.3, 0.4) is 0 Å². The van der Waals surface area contributed by atoms with E-state index in [0.717, 1.165) is 0 Å². The lowest BCUT2D eigenvalue weighted by molar-refractivity contribution is 0.402. The Kier molecular flexibility index (Phi) is 5.29. The van der Waals surface area contributed by atoms with Crippen LogP contribution in [0.25, 0.3) is 0 Å². The minimum Gasteiger partial charge on any atom is -0.387 e. The van der Waals surface area contributed by atoms with E-state index in [4.69, 9.17) is 11.1 Å². The smallest absolute Gasteiger partial charge is 0.262 e. The van der Waals surface area contributed by atoms with Crippen LogP contribution in [-0.4, -0.2) is 41.2 Å². The molecular weight excluding hydrogens is 278 g/mol. The molecule has 0 aliphatic carbocycles. The van der Waals surface area contributed by atoms with Gasteiger partial charge in [-0.05, 0) is 13.8 Å². The molecule has 8 heteroatoms. The van der Waals surface area contributed by atoms with Gasteiger partial charge in [0.1, 0.15) is 5.82 Å². The van der Waals surface area contributed by atoms with Crippen LogP contribution in [0.15, 0.2) is 11.2 Å². The minimum absolute atomic E-state index is 0.0195. The van der Waals surface area contributed by atoms with Gasteiger partial charge in [0.05, 0.1) is 5.84 Å². The summed E-state index contributed by atoms with van der Waals surface area (Å²) < 4.78 is 28.2. The van der Waals surface area contributed by atoms with Crippen LogP contribution in [0, 0.1) is 18.3 Å². The van der Waals surface area contributed by atoms with E-state index in [1.54, 1.807) is 31.5 Å². The second kappa shape index (κ2) is 6.36. The second-order valence-electron chi connectivity index (χ2n) is 4.72. The molecule has 0 saturated heterocycles. The highest BCUT2D eigenvalue weighted by Crippen LogP contribution is 2.16. The molecule has 0 aliphatic heterocycles. The van der Waals surface area contributed by atoms with Gasteiger partial charge < -0.3 is 10.3 Å². The van der Waals surface area contributed by atoms with Gasteiger partial charge in [0.15, 0.2) is 5.03 Å². The molecule has 1 rings (SSSR count). The number of nitrogens with zero attached hydrogens (tertiary/aromatic N) is 3. The monoisotopic (exact) mass is 301 g/mol. The average molecular weight is 301 g/mol. The number of aryl methyl sites for hydroxylation is 2. The zero-order chi connectivity index (χ0) is 15.5. The number of imidazole rings is 1. The van der Waals surface area contributed by atoms with Crippen LogP contribution in [-0.2, 0) is 16.6 Å². The van der Waals surface area contributed by atoms with E-state index < -0.39 is 10.0 Å². The molecule has 0 spiro atoms. The Morgan fingerprint density at radius 3 is 2.55 bits per heavy atom. The fourth-order valence-corrected chi connectivity index (χ4v) is 3.39. The van der Waals surface area contributed by atoms with Crippen molar-refractivity contribution in [2.24, 2.45) is 11.7 Å². The number of amidine groups is 1. The number of nitrogens with two attached hydrogens (primary N) is 1. The first-order chi connectivity index (χ1) is 9.23. The zero-order valence-electron chi connectivity index (χ0n) is 12.4. The van der Waals surface area contributed by atoms with Crippen molar-refractivity contribution in [1.29, 1.82) is 5.41 Å². The number of hydrogen-bond acceptors (Lipinski definition) is 4. The summed E-state index contributed by atoms with van der Waals surface area (Å²) in [4.78, 5) is 4.12. The van der Waals surface area contributed by atoms with Crippen molar-refractivity contribution in [1.82, 2.24) is 13.9 Å². The number of sulfonamides is 1. The van der Waals surface area contributed by atoms with Gasteiger partial charge in [-0.3, -0.25) is 5.41 Å². The van der Waals surface area contributed by atoms with Crippen molar-refractivity contribution >= 4 is 15.9 Å². The van der Waals surface area contributed by atoms with Crippen molar-refractivity contribution in [2.75, 3.05) is 13.1 Å². The summed E-state index contributed by atoms with van der Waals surface area (Å²) in [6.45, 7) is 8.37. The van der Waals surface area contributed by atoms with Gasteiger partial charge in [0.25, 0.3) is 10.0 Å². The van der Waals surface area contributed by atoms with Gasteiger partial charge in [-0.2, -0.15) is 4.31 Å². The van der Waals surface area contributed by atoms with Crippen LogP contribution >= 0.6 is 0 Å². The third-order valence-electron chi connectivity index (χ3n) is 3.26. The van der Waals surface area contributed by atoms with E-state index in [1.807, 2.05) is 6.92 Å². The Morgan fingerprint density at radius 1 is 1.55 bits per heavy atom. The fourth-order valence-electron chi connectivity index (χ4n) is 1.86. The molecule has 0 aromatic carbocycles. The predicted octanol–water partition coefficient (Wildman–Crippen LogP) is 0.794. The maximum Gasteiger partial charge on any atom is 0.262 e. The topological polar surface area (TPSA) is 105 Å². The first kappa shape index (κ1) is 16.6. The van der Waals surface area contributed by atoms with E-state index in [9.17, 15) is 8.42 Å². The molecule has 1 aromatic rings.